The van der Waals surface area contributed by atoms with E-state index in [1.165, 1.54) is 16.2 Å². The number of carbonyl (C=O) groups is 2. The molecule has 1 saturated heterocycles. The number of fused-ring (bicyclic) bond motifs is 1. The second-order valence-corrected chi connectivity index (χ2v) is 8.27. The molecule has 0 bridgehead atoms. The van der Waals surface area contributed by atoms with Crippen LogP contribution in [0.3, 0.4) is 0 Å². The van der Waals surface area contributed by atoms with Crippen LogP contribution in [0.25, 0.3) is 0 Å². The average molecular weight is 405 g/mol. The topological polar surface area (TPSA) is 58.6 Å². The summed E-state index contributed by atoms with van der Waals surface area (Å²) < 4.78 is 5.37. The summed E-state index contributed by atoms with van der Waals surface area (Å²) in [5, 5.41) is 4.00. The average Bonchev–Trinajstić information content (AvgIpc) is 3.06. The third-order valence-electron chi connectivity index (χ3n) is 5.03. The van der Waals surface area contributed by atoms with Crippen molar-refractivity contribution >= 4 is 39.8 Å². The molecule has 1 N–H and O–H groups in total. The Morgan fingerprint density at radius 2 is 1.85 bits per heavy atom. The summed E-state index contributed by atoms with van der Waals surface area (Å²) in [4.78, 5) is 29.0. The standard InChI is InChI=1S/C20H21ClN2O3S/c21-15-7-3-1-5-13(15)18(24)22-19-17(14-6-2-4-8-16(14)27-19)20(25)23-9-11-26-12-10-23/h1,3,5,7H,2,4,6,8-12H2,(H,22,24). The van der Waals surface area contributed by atoms with Crippen molar-refractivity contribution in [3.63, 3.8) is 0 Å². The monoisotopic (exact) mass is 404 g/mol. The van der Waals surface area contributed by atoms with Crippen LogP contribution in [0, 0.1) is 0 Å². The van der Waals surface area contributed by atoms with E-state index in [2.05, 4.69) is 5.32 Å². The molecule has 142 valence electrons. The summed E-state index contributed by atoms with van der Waals surface area (Å²) in [7, 11) is 0. The highest BCUT2D eigenvalue weighted by Crippen LogP contribution is 2.39. The van der Waals surface area contributed by atoms with Crippen LogP contribution in [0.5, 0.6) is 0 Å². The second-order valence-electron chi connectivity index (χ2n) is 6.75. The van der Waals surface area contributed by atoms with E-state index < -0.39 is 0 Å². The van der Waals surface area contributed by atoms with Gasteiger partial charge in [-0.3, -0.25) is 9.59 Å². The van der Waals surface area contributed by atoms with E-state index in [0.717, 1.165) is 31.2 Å². The number of benzene rings is 1. The van der Waals surface area contributed by atoms with Gasteiger partial charge in [-0.15, -0.1) is 11.3 Å². The molecule has 7 heteroatoms. The number of halogens is 1. The lowest BCUT2D eigenvalue weighted by Crippen LogP contribution is -2.41. The van der Waals surface area contributed by atoms with Gasteiger partial charge in [0.15, 0.2) is 0 Å². The Kier molecular flexibility index (Phi) is 5.48. The van der Waals surface area contributed by atoms with Crippen molar-refractivity contribution < 1.29 is 14.3 Å². The smallest absolute Gasteiger partial charge is 0.257 e. The predicted octanol–water partition coefficient (Wildman–Crippen LogP) is 4.01. The fourth-order valence-corrected chi connectivity index (χ4v) is 5.12. The summed E-state index contributed by atoms with van der Waals surface area (Å²) in [5.41, 5.74) is 2.18. The van der Waals surface area contributed by atoms with Gasteiger partial charge in [0, 0.05) is 18.0 Å². The molecule has 0 saturated carbocycles. The lowest BCUT2D eigenvalue weighted by Gasteiger charge is -2.27. The Balaban J connectivity index is 1.67. The van der Waals surface area contributed by atoms with Crippen LogP contribution in [0.1, 0.15) is 44.0 Å². The highest BCUT2D eigenvalue weighted by molar-refractivity contribution is 7.17. The van der Waals surface area contributed by atoms with Crippen LogP contribution in [-0.2, 0) is 17.6 Å². The summed E-state index contributed by atoms with van der Waals surface area (Å²) in [5.74, 6) is -0.289. The Hall–Kier alpha value is -1.89. The fraction of sp³-hybridized carbons (Fsp3) is 0.400. The first-order chi connectivity index (χ1) is 13.1. The number of nitrogens with zero attached hydrogens (tertiary/aromatic N) is 1. The van der Waals surface area contributed by atoms with Gasteiger partial charge < -0.3 is 15.0 Å². The molecule has 0 radical (unpaired) electrons. The molecule has 1 fully saturated rings. The van der Waals surface area contributed by atoms with E-state index in [4.69, 9.17) is 16.3 Å². The van der Waals surface area contributed by atoms with E-state index in [1.54, 1.807) is 24.3 Å². The summed E-state index contributed by atoms with van der Waals surface area (Å²) >= 11 is 7.69. The van der Waals surface area contributed by atoms with Gasteiger partial charge in [0.1, 0.15) is 5.00 Å². The van der Waals surface area contributed by atoms with Crippen molar-refractivity contribution in [1.29, 1.82) is 0 Å². The zero-order chi connectivity index (χ0) is 18.8. The van der Waals surface area contributed by atoms with Gasteiger partial charge in [-0.1, -0.05) is 23.7 Å². The molecule has 2 aromatic rings. The lowest BCUT2D eigenvalue weighted by atomic mass is 9.95. The molecule has 1 aliphatic heterocycles. The number of thiophene rings is 1. The molecule has 2 heterocycles. The third-order valence-corrected chi connectivity index (χ3v) is 6.57. The number of nitrogens with one attached hydrogen (secondary N) is 1. The molecule has 1 aliphatic carbocycles. The molecule has 2 aliphatic rings. The zero-order valence-corrected chi connectivity index (χ0v) is 16.5. The SMILES string of the molecule is O=C(Nc1sc2c(c1C(=O)N1CCOCC1)CCCC2)c1ccccc1Cl. The number of hydrogen-bond donors (Lipinski definition) is 1. The Labute approximate surface area is 167 Å². The number of rotatable bonds is 3. The van der Waals surface area contributed by atoms with Crippen molar-refractivity contribution in [2.75, 3.05) is 31.6 Å². The largest absolute Gasteiger partial charge is 0.378 e. The number of aryl methyl sites for hydroxylation is 1. The minimum atomic E-state index is -0.282. The first-order valence-corrected chi connectivity index (χ1v) is 10.4. The van der Waals surface area contributed by atoms with E-state index >= 15 is 0 Å². The molecular weight excluding hydrogens is 384 g/mol. The van der Waals surface area contributed by atoms with Crippen molar-refractivity contribution in [2.24, 2.45) is 0 Å². The van der Waals surface area contributed by atoms with Gasteiger partial charge in [-0.2, -0.15) is 0 Å². The van der Waals surface area contributed by atoms with Crippen molar-refractivity contribution in [2.45, 2.75) is 25.7 Å². The number of morpholine rings is 1. The summed E-state index contributed by atoms with van der Waals surface area (Å²) in [6.07, 6.45) is 4.05. The number of carbonyl (C=O) groups excluding carboxylic acids is 2. The molecule has 0 spiro atoms. The van der Waals surface area contributed by atoms with Gasteiger partial charge in [0.05, 0.1) is 29.4 Å². The highest BCUT2D eigenvalue weighted by atomic mass is 35.5. The molecule has 5 nitrogen and oxygen atoms in total. The first kappa shape index (κ1) is 18.5. The Morgan fingerprint density at radius 3 is 2.63 bits per heavy atom. The maximum atomic E-state index is 13.2. The maximum Gasteiger partial charge on any atom is 0.257 e. The minimum Gasteiger partial charge on any atom is -0.378 e. The maximum absolute atomic E-state index is 13.2. The number of ether oxygens (including phenoxy) is 1. The number of hydrogen-bond acceptors (Lipinski definition) is 4. The third kappa shape index (κ3) is 3.74. The quantitative estimate of drug-likeness (QED) is 0.840. The van der Waals surface area contributed by atoms with Crippen molar-refractivity contribution in [3.8, 4) is 0 Å². The van der Waals surface area contributed by atoms with Crippen LogP contribution < -0.4 is 5.32 Å². The van der Waals surface area contributed by atoms with Gasteiger partial charge in [0.25, 0.3) is 11.8 Å². The van der Waals surface area contributed by atoms with E-state index in [1.807, 2.05) is 4.90 Å². The van der Waals surface area contributed by atoms with Gasteiger partial charge >= 0.3 is 0 Å². The molecule has 0 unspecified atom stereocenters. The molecular formula is C20H21ClN2O3S. The highest BCUT2D eigenvalue weighted by Gasteiger charge is 2.30. The molecule has 1 aromatic heterocycles. The summed E-state index contributed by atoms with van der Waals surface area (Å²) in [6.45, 7) is 2.28. The molecule has 2 amide bonds. The number of amides is 2. The normalized spacial score (nSPS) is 16.7. The minimum absolute atomic E-state index is 0.00726. The van der Waals surface area contributed by atoms with E-state index in [-0.39, 0.29) is 11.8 Å². The van der Waals surface area contributed by atoms with Crippen LogP contribution in [0.4, 0.5) is 5.00 Å². The van der Waals surface area contributed by atoms with Gasteiger partial charge in [0.2, 0.25) is 0 Å². The molecule has 1 aromatic carbocycles. The zero-order valence-electron chi connectivity index (χ0n) is 14.9. The molecule has 0 atom stereocenters. The Morgan fingerprint density at radius 1 is 1.11 bits per heavy atom. The van der Waals surface area contributed by atoms with Crippen LogP contribution >= 0.6 is 22.9 Å². The van der Waals surface area contributed by atoms with Crippen LogP contribution in [-0.4, -0.2) is 43.0 Å². The van der Waals surface area contributed by atoms with Crippen molar-refractivity contribution in [3.05, 3.63) is 50.9 Å². The summed E-state index contributed by atoms with van der Waals surface area (Å²) in [6, 6.07) is 6.95. The first-order valence-electron chi connectivity index (χ1n) is 9.22. The van der Waals surface area contributed by atoms with Crippen LogP contribution in [0.15, 0.2) is 24.3 Å². The van der Waals surface area contributed by atoms with Gasteiger partial charge in [-0.25, -0.2) is 0 Å². The van der Waals surface area contributed by atoms with E-state index in [0.29, 0.717) is 47.5 Å². The Bertz CT molecular complexity index is 874. The predicted molar refractivity (Wildman–Crippen MR) is 107 cm³/mol. The van der Waals surface area contributed by atoms with Crippen molar-refractivity contribution in [1.82, 2.24) is 4.90 Å². The second kappa shape index (κ2) is 8.00. The fourth-order valence-electron chi connectivity index (χ4n) is 3.62. The van der Waals surface area contributed by atoms with E-state index in [9.17, 15) is 9.59 Å². The molecule has 27 heavy (non-hydrogen) atoms. The lowest BCUT2D eigenvalue weighted by molar-refractivity contribution is 0.0303. The van der Waals surface area contributed by atoms with Crippen LogP contribution in [0.2, 0.25) is 5.02 Å². The molecule has 4 rings (SSSR count). The number of anilines is 1. The van der Waals surface area contributed by atoms with Gasteiger partial charge in [-0.05, 0) is 43.4 Å².